The van der Waals surface area contributed by atoms with E-state index >= 15 is 0 Å². The third-order valence-electron chi connectivity index (χ3n) is 12.3. The summed E-state index contributed by atoms with van der Waals surface area (Å²) in [6, 6.07) is 11.4. The van der Waals surface area contributed by atoms with E-state index < -0.39 is 168 Å². The molecule has 1 aliphatic heterocycles. The van der Waals surface area contributed by atoms with Gasteiger partial charge in [0.1, 0.15) is 52.1 Å². The van der Waals surface area contributed by atoms with Crippen molar-refractivity contribution in [1.82, 2.24) is 29.9 Å². The van der Waals surface area contributed by atoms with Gasteiger partial charge in [0.2, 0.25) is 34.4 Å². The molecule has 1 fully saturated rings. The van der Waals surface area contributed by atoms with Crippen LogP contribution in [-0.4, -0.2) is 144 Å². The first-order valence-electron chi connectivity index (χ1n) is 23.3. The zero-order valence-electron chi connectivity index (χ0n) is 42.8. The number of aryl methyl sites for hydroxylation is 2. The Morgan fingerprint density at radius 1 is 0.419 bits per heavy atom. The van der Waals surface area contributed by atoms with Gasteiger partial charge in [0.25, 0.3) is 60.7 Å². The van der Waals surface area contributed by atoms with Crippen LogP contribution in [0.15, 0.2) is 123 Å². The molecule has 1 aliphatic rings. The van der Waals surface area contributed by atoms with Gasteiger partial charge in [0, 0.05) is 37.0 Å². The van der Waals surface area contributed by atoms with Crippen LogP contribution in [0.25, 0.3) is 21.5 Å². The number of benzene rings is 6. The number of aromatic nitrogens is 6. The maximum Gasteiger partial charge on any atom is 0.296 e. The number of azo groups is 2. The quantitative estimate of drug-likeness (QED) is 0.0350. The van der Waals surface area contributed by atoms with Crippen LogP contribution in [0.5, 0.6) is 11.5 Å². The number of rotatable bonds is 16. The molecule has 1 saturated heterocycles. The van der Waals surface area contributed by atoms with Gasteiger partial charge >= 0.3 is 0 Å². The minimum atomic E-state index is -5.46. The topological polar surface area (TPSA) is 524 Å². The summed E-state index contributed by atoms with van der Waals surface area (Å²) in [4.78, 5) is 22.3. The fourth-order valence-electron chi connectivity index (χ4n) is 8.56. The van der Waals surface area contributed by atoms with Crippen LogP contribution in [0.2, 0.25) is 10.6 Å². The third kappa shape index (κ3) is 13.2. The Labute approximate surface area is 494 Å². The molecule has 0 spiro atoms. The molecular weight excluding hydrogens is 1310 g/mol. The van der Waals surface area contributed by atoms with Crippen molar-refractivity contribution >= 4 is 163 Å². The fourth-order valence-corrected chi connectivity index (χ4v) is 12.9. The lowest BCUT2D eigenvalue weighted by molar-refractivity contribution is 0.471. The molecule has 34 nitrogen and oxygen atoms in total. The number of nitrogens with one attached hydrogen (secondary N) is 2. The summed E-state index contributed by atoms with van der Waals surface area (Å²) in [7, 11) is -31.4. The number of phenolic OH excluding ortho intramolecular Hbond substituents is 2. The molecule has 0 saturated carbocycles. The van der Waals surface area contributed by atoms with Crippen molar-refractivity contribution in [3.05, 3.63) is 94.5 Å². The Kier molecular flexibility index (Phi) is 16.4. The molecule has 452 valence electrons. The van der Waals surface area contributed by atoms with Gasteiger partial charge in [-0.05, 0) is 109 Å². The van der Waals surface area contributed by atoms with Gasteiger partial charge < -0.3 is 30.6 Å². The SMILES string of the molecule is Cc1ccc(N=Nc2c(S(=O)(=O)O)cc3c(S(=O)(=O)O)ccc(Nc4nc(Cl)nc(N5CCN(c6nc(Cl)nc(Nc7ccc(S(=O)(=O)O)c8cc(S(=O)(=O)O)c(N=Nc9ccc(C)cc9S(=O)(=O)O)c(O)c78)n6)CC5)n4)c3c2O)c(S(=O)(=O)O)c1. The Morgan fingerprint density at radius 2 is 0.744 bits per heavy atom. The van der Waals surface area contributed by atoms with Gasteiger partial charge in [-0.1, -0.05) is 12.1 Å². The molecule has 0 bridgehead atoms. The molecule has 8 aromatic rings. The smallest absolute Gasteiger partial charge is 0.296 e. The van der Waals surface area contributed by atoms with Gasteiger partial charge in [0.15, 0.2) is 11.5 Å². The molecule has 9 rings (SSSR count). The van der Waals surface area contributed by atoms with Crippen LogP contribution in [0.3, 0.4) is 0 Å². The maximum absolute atomic E-state index is 12.7. The van der Waals surface area contributed by atoms with Gasteiger partial charge in [-0.2, -0.15) is 80.4 Å². The molecule has 3 heterocycles. The lowest BCUT2D eigenvalue weighted by Gasteiger charge is -2.34. The largest absolute Gasteiger partial charge is 0.505 e. The van der Waals surface area contributed by atoms with Crippen molar-refractivity contribution in [2.75, 3.05) is 46.6 Å². The van der Waals surface area contributed by atoms with E-state index in [1.54, 1.807) is 9.80 Å². The average molecular weight is 1340 g/mol. The van der Waals surface area contributed by atoms with Crippen molar-refractivity contribution in [2.24, 2.45) is 20.5 Å². The van der Waals surface area contributed by atoms with Crippen LogP contribution >= 0.6 is 23.2 Å². The zero-order valence-corrected chi connectivity index (χ0v) is 49.2. The van der Waals surface area contributed by atoms with Gasteiger partial charge in [-0.15, -0.1) is 20.5 Å². The molecule has 0 amide bonds. The predicted octanol–water partition coefficient (Wildman–Crippen LogP) is 6.82. The highest BCUT2D eigenvalue weighted by atomic mass is 35.5. The molecule has 86 heavy (non-hydrogen) atoms. The van der Waals surface area contributed by atoms with Gasteiger partial charge in [0.05, 0.1) is 22.1 Å². The number of fused-ring (bicyclic) bond motifs is 2. The highest BCUT2D eigenvalue weighted by molar-refractivity contribution is 7.87. The number of phenols is 2. The zero-order chi connectivity index (χ0) is 63.0. The van der Waals surface area contributed by atoms with Gasteiger partial charge in [-0.25, -0.2) is 0 Å². The highest BCUT2D eigenvalue weighted by Crippen LogP contribution is 2.49. The van der Waals surface area contributed by atoms with Crippen LogP contribution < -0.4 is 20.4 Å². The van der Waals surface area contributed by atoms with Crippen LogP contribution in [-0.2, 0) is 60.7 Å². The number of anilines is 6. The molecule has 10 N–H and O–H groups in total. The number of hydrogen-bond acceptors (Lipinski definition) is 28. The molecule has 0 unspecified atom stereocenters. The summed E-state index contributed by atoms with van der Waals surface area (Å²) in [5.74, 6) is -3.43. The normalized spacial score (nSPS) is 14.0. The fraction of sp³-hybridized carbons (Fsp3) is 0.136. The molecule has 6 aromatic carbocycles. The second kappa shape index (κ2) is 22.6. The number of piperazine rings is 1. The summed E-state index contributed by atoms with van der Waals surface area (Å²) >= 11 is 12.7. The highest BCUT2D eigenvalue weighted by Gasteiger charge is 2.32. The first-order valence-corrected chi connectivity index (χ1v) is 32.7. The van der Waals surface area contributed by atoms with E-state index in [2.05, 4.69) is 61.0 Å². The second-order valence-electron chi connectivity index (χ2n) is 18.1. The van der Waals surface area contributed by atoms with E-state index in [0.717, 1.165) is 48.5 Å². The van der Waals surface area contributed by atoms with Crippen molar-refractivity contribution in [3.63, 3.8) is 0 Å². The molecule has 42 heteroatoms. The first kappa shape index (κ1) is 62.4. The Morgan fingerprint density at radius 3 is 1.06 bits per heavy atom. The standard InChI is InChI=1S/C44H36Cl2N14O20S6/c1-19-3-5-23(29(15-19)83(69,70)71)55-57-35-31(85(75,76)77)17-21-27(81(63,64)65)9-7-25(33(21)37(35)61)47-41-49-39(45)51-43(53-41)59-11-13-60(14-12-59)44-52-40(46)50-42(54-44)48-26-8-10-28(82(66,67)68)22-18-32(86(78,79)80)36(38(62)34(22)26)58-56-24-6-4-20(2)16-30(24)84(72,73)74/h3-10,15-18,61-62H,11-14H2,1-2H3,(H,63,64,65)(H,66,67,68)(H,69,70,71)(H,72,73,74)(H,75,76,77)(H,78,79,80)(H,47,49,51,53)(H,48,50,52,54). The number of halogens is 2. The van der Waals surface area contributed by atoms with Crippen LogP contribution in [0.1, 0.15) is 11.1 Å². The minimum Gasteiger partial charge on any atom is -0.505 e. The first-order chi connectivity index (χ1) is 39.9. The molecule has 0 aliphatic carbocycles. The van der Waals surface area contributed by atoms with E-state index in [1.165, 1.54) is 26.0 Å². The number of hydrogen-bond donors (Lipinski definition) is 10. The summed E-state index contributed by atoms with van der Waals surface area (Å²) in [5, 5.41) is 40.0. The van der Waals surface area contributed by atoms with E-state index in [1.807, 2.05) is 0 Å². The lowest BCUT2D eigenvalue weighted by atomic mass is 10.1. The molecule has 0 radical (unpaired) electrons. The molecule has 0 atom stereocenters. The maximum atomic E-state index is 12.7. The van der Waals surface area contributed by atoms with Crippen molar-refractivity contribution in [1.29, 1.82) is 0 Å². The number of aromatic hydroxyl groups is 2. The van der Waals surface area contributed by atoms with E-state index in [9.17, 15) is 88.0 Å². The van der Waals surface area contributed by atoms with Crippen molar-refractivity contribution < 1.29 is 88.0 Å². The summed E-state index contributed by atoms with van der Waals surface area (Å²) in [6.45, 7) is 3.12. The van der Waals surface area contributed by atoms with Crippen molar-refractivity contribution in [3.8, 4) is 11.5 Å². The third-order valence-corrected chi connectivity index (χ3v) is 18.0. The van der Waals surface area contributed by atoms with Gasteiger partial charge in [-0.3, -0.25) is 27.3 Å². The molecular formula is C44H36Cl2N14O20S6. The predicted molar refractivity (Wildman–Crippen MR) is 301 cm³/mol. The summed E-state index contributed by atoms with van der Waals surface area (Å²) < 4.78 is 211. The second-order valence-corrected chi connectivity index (χ2v) is 27.1. The van der Waals surface area contributed by atoms with Crippen LogP contribution in [0.4, 0.5) is 57.9 Å². The van der Waals surface area contributed by atoms with Crippen LogP contribution in [0, 0.1) is 13.8 Å². The molecule has 2 aromatic heterocycles. The minimum absolute atomic E-state index is 0.0447. The Hall–Kier alpha value is -8.10. The monoisotopic (exact) mass is 1340 g/mol. The lowest BCUT2D eigenvalue weighted by Crippen LogP contribution is -2.47. The summed E-state index contributed by atoms with van der Waals surface area (Å²) in [5.41, 5.74) is -3.29. The Bertz CT molecular complexity index is 4690. The van der Waals surface area contributed by atoms with E-state index in [0.29, 0.717) is 23.3 Å². The Balaban J connectivity index is 1.03. The average Bonchev–Trinajstić information content (AvgIpc) is 0.766. The number of nitrogens with zero attached hydrogens (tertiary/aromatic N) is 12. The van der Waals surface area contributed by atoms with Crippen molar-refractivity contribution in [2.45, 2.75) is 43.2 Å². The van der Waals surface area contributed by atoms with E-state index in [-0.39, 0.29) is 49.5 Å². The summed E-state index contributed by atoms with van der Waals surface area (Å²) in [6.07, 6.45) is 0. The van der Waals surface area contributed by atoms with E-state index in [4.69, 9.17) is 23.2 Å².